The van der Waals surface area contributed by atoms with Gasteiger partial charge in [0.15, 0.2) is 12.2 Å². The molecule has 0 rings (SSSR count). The zero-order valence-corrected chi connectivity index (χ0v) is 64.5. The summed E-state index contributed by atoms with van der Waals surface area (Å²) < 4.78 is 68.5. The lowest BCUT2D eigenvalue weighted by molar-refractivity contribution is -0.161. The fourth-order valence-electron chi connectivity index (χ4n) is 11.8. The van der Waals surface area contributed by atoms with E-state index in [2.05, 4.69) is 41.5 Å². The highest BCUT2D eigenvalue weighted by molar-refractivity contribution is 7.47. The van der Waals surface area contributed by atoms with Crippen molar-refractivity contribution in [3.63, 3.8) is 0 Å². The third-order valence-corrected chi connectivity index (χ3v) is 19.9. The van der Waals surface area contributed by atoms with E-state index in [1.807, 2.05) is 0 Å². The molecule has 96 heavy (non-hydrogen) atoms. The van der Waals surface area contributed by atoms with Gasteiger partial charge in [0.1, 0.15) is 19.3 Å². The van der Waals surface area contributed by atoms with E-state index < -0.39 is 97.5 Å². The van der Waals surface area contributed by atoms with Gasteiger partial charge in [-0.3, -0.25) is 37.3 Å². The highest BCUT2D eigenvalue weighted by Gasteiger charge is 2.30. The Morgan fingerprint density at radius 2 is 0.479 bits per heavy atom. The number of hydrogen-bond acceptors (Lipinski definition) is 15. The SMILES string of the molecule is CCCCCCCCCCCCCCCCCCCCCC(=O)O[C@H](COC(=O)CCCCCCCCCCCCCCCCC(C)C)COP(=O)(O)OC[C@@H](O)COP(=O)(O)OC[C@@H](COC(=O)CCCCCCCCCC)OC(=O)CCCCCCCCCCCC(C)C. The highest BCUT2D eigenvalue weighted by atomic mass is 31.2. The molecule has 0 radical (unpaired) electrons. The molecule has 0 aliphatic rings. The molecule has 0 spiro atoms. The van der Waals surface area contributed by atoms with Crippen molar-refractivity contribution in [2.75, 3.05) is 39.6 Å². The Hall–Kier alpha value is -1.94. The Morgan fingerprint density at radius 3 is 0.708 bits per heavy atom. The second-order valence-corrected chi connectivity index (χ2v) is 31.6. The van der Waals surface area contributed by atoms with E-state index in [1.54, 1.807) is 0 Å². The first kappa shape index (κ1) is 94.1. The van der Waals surface area contributed by atoms with E-state index in [-0.39, 0.29) is 25.7 Å². The number of carbonyl (C=O) groups excluding carboxylic acids is 4. The zero-order chi connectivity index (χ0) is 70.7. The highest BCUT2D eigenvalue weighted by Crippen LogP contribution is 2.45. The predicted molar refractivity (Wildman–Crippen MR) is 391 cm³/mol. The molecule has 0 saturated heterocycles. The molecular formula is C77H150O17P2. The average Bonchev–Trinajstić information content (AvgIpc) is 1.28. The van der Waals surface area contributed by atoms with Crippen LogP contribution < -0.4 is 0 Å². The Labute approximate surface area is 588 Å². The summed E-state index contributed by atoms with van der Waals surface area (Å²) in [4.78, 5) is 72.7. The van der Waals surface area contributed by atoms with E-state index in [0.29, 0.717) is 25.7 Å². The maximum atomic E-state index is 13.1. The molecule has 2 unspecified atom stereocenters. The molecule has 17 nitrogen and oxygen atoms in total. The molecule has 0 aromatic rings. The minimum atomic E-state index is -4.96. The van der Waals surface area contributed by atoms with Crippen LogP contribution in [-0.4, -0.2) is 96.7 Å². The zero-order valence-electron chi connectivity index (χ0n) is 62.7. The molecule has 570 valence electrons. The van der Waals surface area contributed by atoms with Gasteiger partial charge in [0.05, 0.1) is 26.4 Å². The van der Waals surface area contributed by atoms with E-state index >= 15 is 0 Å². The van der Waals surface area contributed by atoms with Crippen molar-refractivity contribution in [2.45, 2.75) is 419 Å². The van der Waals surface area contributed by atoms with Crippen molar-refractivity contribution in [1.82, 2.24) is 0 Å². The summed E-state index contributed by atoms with van der Waals surface area (Å²) in [5, 5.41) is 10.6. The van der Waals surface area contributed by atoms with Crippen LogP contribution in [0.15, 0.2) is 0 Å². The van der Waals surface area contributed by atoms with Crippen LogP contribution in [0, 0.1) is 11.8 Å². The summed E-state index contributed by atoms with van der Waals surface area (Å²) >= 11 is 0. The van der Waals surface area contributed by atoms with Gasteiger partial charge in [-0.1, -0.05) is 350 Å². The van der Waals surface area contributed by atoms with Crippen LogP contribution in [0.4, 0.5) is 0 Å². The molecule has 3 N–H and O–H groups in total. The summed E-state index contributed by atoms with van der Waals surface area (Å²) in [6, 6.07) is 0. The minimum absolute atomic E-state index is 0.105. The number of carbonyl (C=O) groups is 4. The summed E-state index contributed by atoms with van der Waals surface area (Å²) in [6.45, 7) is 9.58. The van der Waals surface area contributed by atoms with E-state index in [1.165, 1.54) is 212 Å². The van der Waals surface area contributed by atoms with E-state index in [0.717, 1.165) is 108 Å². The second-order valence-electron chi connectivity index (χ2n) is 28.7. The van der Waals surface area contributed by atoms with Crippen LogP contribution >= 0.6 is 15.6 Å². The van der Waals surface area contributed by atoms with Crippen LogP contribution in [0.2, 0.25) is 0 Å². The van der Waals surface area contributed by atoms with Gasteiger partial charge < -0.3 is 33.8 Å². The standard InChI is InChI=1S/C77H150O17P2/c1-7-9-11-13-15-17-18-19-20-21-22-23-24-29-32-37-43-49-55-61-76(81)93-73(66-88-75(80)60-54-48-42-36-31-28-26-25-27-30-34-39-45-51-57-69(3)4)68-92-96(85,86)90-64-71(78)63-89-95(83,84)91-67-72(65-87-74(79)59-53-47-41-16-14-12-10-8-2)94-77(82)62-56-50-44-38-33-35-40-46-52-58-70(5)6/h69-73,78H,7-68H2,1-6H3,(H,83,84)(H,85,86)/t71-,72+,73+/m0/s1. The van der Waals surface area contributed by atoms with Gasteiger partial charge in [0, 0.05) is 25.7 Å². The molecule has 0 aliphatic heterocycles. The van der Waals surface area contributed by atoms with Crippen LogP contribution in [0.3, 0.4) is 0 Å². The smallest absolute Gasteiger partial charge is 0.462 e. The van der Waals surface area contributed by atoms with Gasteiger partial charge >= 0.3 is 39.5 Å². The third kappa shape index (κ3) is 70.5. The van der Waals surface area contributed by atoms with Crippen molar-refractivity contribution in [2.24, 2.45) is 11.8 Å². The third-order valence-electron chi connectivity index (χ3n) is 18.0. The van der Waals surface area contributed by atoms with E-state index in [4.69, 9.17) is 37.0 Å². The normalized spacial score (nSPS) is 14.0. The summed E-state index contributed by atoms with van der Waals surface area (Å²) in [5.41, 5.74) is 0. The second kappa shape index (κ2) is 68.8. The van der Waals surface area contributed by atoms with Crippen molar-refractivity contribution >= 4 is 39.5 Å². The monoisotopic (exact) mass is 1410 g/mol. The number of phosphoric acid groups is 2. The first-order chi connectivity index (χ1) is 46.4. The van der Waals surface area contributed by atoms with E-state index in [9.17, 15) is 43.2 Å². The summed E-state index contributed by atoms with van der Waals surface area (Å²) in [7, 11) is -9.91. The van der Waals surface area contributed by atoms with Crippen LogP contribution in [0.5, 0.6) is 0 Å². The number of rotatable bonds is 76. The fraction of sp³-hybridized carbons (Fsp3) is 0.948. The van der Waals surface area contributed by atoms with Crippen LogP contribution in [0.25, 0.3) is 0 Å². The average molecular weight is 1410 g/mol. The Morgan fingerprint density at radius 1 is 0.281 bits per heavy atom. The first-order valence-electron chi connectivity index (χ1n) is 40.0. The van der Waals surface area contributed by atoms with Crippen molar-refractivity contribution in [1.29, 1.82) is 0 Å². The van der Waals surface area contributed by atoms with Crippen molar-refractivity contribution in [3.8, 4) is 0 Å². The molecule has 19 heteroatoms. The number of unbranched alkanes of at least 4 members (excludes halogenated alkanes) is 46. The molecular weight excluding hydrogens is 1260 g/mol. The fourth-order valence-corrected chi connectivity index (χ4v) is 13.4. The Balaban J connectivity index is 5.20. The Bertz CT molecular complexity index is 1860. The van der Waals surface area contributed by atoms with Crippen molar-refractivity contribution in [3.05, 3.63) is 0 Å². The number of aliphatic hydroxyl groups is 1. The maximum Gasteiger partial charge on any atom is 0.472 e. The molecule has 0 aromatic heterocycles. The molecule has 5 atom stereocenters. The number of phosphoric ester groups is 2. The first-order valence-corrected chi connectivity index (χ1v) is 43.0. The lowest BCUT2D eigenvalue weighted by atomic mass is 10.0. The van der Waals surface area contributed by atoms with Gasteiger partial charge in [-0.05, 0) is 37.5 Å². The van der Waals surface area contributed by atoms with Gasteiger partial charge in [0.25, 0.3) is 0 Å². The molecule has 0 heterocycles. The largest absolute Gasteiger partial charge is 0.472 e. The number of aliphatic hydroxyl groups excluding tert-OH is 1. The van der Waals surface area contributed by atoms with Gasteiger partial charge in [-0.2, -0.15) is 0 Å². The molecule has 0 saturated carbocycles. The number of hydrogen-bond donors (Lipinski definition) is 3. The van der Waals surface area contributed by atoms with Crippen LogP contribution in [-0.2, 0) is 65.4 Å². The molecule has 0 aliphatic carbocycles. The maximum absolute atomic E-state index is 13.1. The molecule has 0 bridgehead atoms. The summed E-state index contributed by atoms with van der Waals surface area (Å²) in [6.07, 6.45) is 57.0. The van der Waals surface area contributed by atoms with Gasteiger partial charge in [0.2, 0.25) is 0 Å². The molecule has 0 fully saturated rings. The topological polar surface area (TPSA) is 237 Å². The lowest BCUT2D eigenvalue weighted by Crippen LogP contribution is -2.30. The molecule has 0 amide bonds. The Kier molecular flexibility index (Phi) is 67.4. The van der Waals surface area contributed by atoms with Gasteiger partial charge in [-0.15, -0.1) is 0 Å². The molecule has 0 aromatic carbocycles. The lowest BCUT2D eigenvalue weighted by Gasteiger charge is -2.21. The number of ether oxygens (including phenoxy) is 4. The van der Waals surface area contributed by atoms with Crippen LogP contribution in [0.1, 0.15) is 401 Å². The van der Waals surface area contributed by atoms with Crippen molar-refractivity contribution < 1.29 is 80.2 Å². The predicted octanol–water partition coefficient (Wildman–Crippen LogP) is 22.7. The number of esters is 4. The van der Waals surface area contributed by atoms with Gasteiger partial charge in [-0.25, -0.2) is 9.13 Å². The quantitative estimate of drug-likeness (QED) is 0.0222. The summed E-state index contributed by atoms with van der Waals surface area (Å²) in [5.74, 6) is -0.581. The minimum Gasteiger partial charge on any atom is -0.462 e.